The van der Waals surface area contributed by atoms with Crippen LogP contribution in [0.25, 0.3) is 0 Å². The second kappa shape index (κ2) is 5.26. The molecule has 0 aliphatic carbocycles. The van der Waals surface area contributed by atoms with Gasteiger partial charge in [-0.2, -0.15) is 0 Å². The summed E-state index contributed by atoms with van der Waals surface area (Å²) in [4.78, 5) is 0. The Balaban J connectivity index is 2.78. The van der Waals surface area contributed by atoms with Crippen molar-refractivity contribution in [1.29, 1.82) is 0 Å². The fourth-order valence-corrected chi connectivity index (χ4v) is 1.56. The SMILES string of the molecule is COc1ccc(CC(C)CCl)c(C)c1. The van der Waals surface area contributed by atoms with E-state index < -0.39 is 0 Å². The molecule has 0 heterocycles. The molecule has 0 bridgehead atoms. The molecule has 1 unspecified atom stereocenters. The third kappa shape index (κ3) is 2.91. The summed E-state index contributed by atoms with van der Waals surface area (Å²) in [6.07, 6.45) is 1.04. The van der Waals surface area contributed by atoms with Crippen LogP contribution in [0, 0.1) is 12.8 Å². The predicted molar refractivity (Wildman–Crippen MR) is 61.3 cm³/mol. The van der Waals surface area contributed by atoms with Crippen molar-refractivity contribution in [3.05, 3.63) is 29.3 Å². The highest BCUT2D eigenvalue weighted by atomic mass is 35.5. The van der Waals surface area contributed by atoms with Gasteiger partial charge >= 0.3 is 0 Å². The topological polar surface area (TPSA) is 9.23 Å². The second-order valence-corrected chi connectivity index (χ2v) is 4.06. The lowest BCUT2D eigenvalue weighted by Crippen LogP contribution is -2.02. The molecular formula is C12H17ClO. The molecular weight excluding hydrogens is 196 g/mol. The summed E-state index contributed by atoms with van der Waals surface area (Å²) in [5, 5.41) is 0. The van der Waals surface area contributed by atoms with Crippen LogP contribution in [0.2, 0.25) is 0 Å². The minimum atomic E-state index is 0.531. The van der Waals surface area contributed by atoms with Gasteiger partial charge in [0.25, 0.3) is 0 Å². The molecule has 0 amide bonds. The van der Waals surface area contributed by atoms with Gasteiger partial charge in [0.2, 0.25) is 0 Å². The first kappa shape index (κ1) is 11.4. The van der Waals surface area contributed by atoms with Crippen LogP contribution in [0.3, 0.4) is 0 Å². The summed E-state index contributed by atoms with van der Waals surface area (Å²) < 4.78 is 5.16. The standard InChI is InChI=1S/C12H17ClO/c1-9(8-13)6-11-4-5-12(14-3)7-10(11)2/h4-5,7,9H,6,8H2,1-3H3. The second-order valence-electron chi connectivity index (χ2n) is 3.76. The summed E-state index contributed by atoms with van der Waals surface area (Å²) in [7, 11) is 1.69. The Labute approximate surface area is 91.0 Å². The molecule has 1 atom stereocenters. The molecule has 0 aliphatic rings. The van der Waals surface area contributed by atoms with E-state index in [2.05, 4.69) is 26.0 Å². The first-order valence-corrected chi connectivity index (χ1v) is 5.40. The van der Waals surface area contributed by atoms with Crippen LogP contribution in [0.5, 0.6) is 5.75 Å². The van der Waals surface area contributed by atoms with Crippen molar-refractivity contribution in [3.63, 3.8) is 0 Å². The molecule has 1 aromatic carbocycles. The summed E-state index contributed by atoms with van der Waals surface area (Å²) >= 11 is 5.79. The molecule has 0 spiro atoms. The summed E-state index contributed by atoms with van der Waals surface area (Å²) in [6, 6.07) is 6.19. The van der Waals surface area contributed by atoms with Crippen molar-refractivity contribution in [2.75, 3.05) is 13.0 Å². The van der Waals surface area contributed by atoms with Gasteiger partial charge in [0.15, 0.2) is 0 Å². The van der Waals surface area contributed by atoms with E-state index in [0.717, 1.165) is 12.2 Å². The Morgan fingerprint density at radius 2 is 2.14 bits per heavy atom. The van der Waals surface area contributed by atoms with E-state index >= 15 is 0 Å². The van der Waals surface area contributed by atoms with Crippen molar-refractivity contribution in [1.82, 2.24) is 0 Å². The fraction of sp³-hybridized carbons (Fsp3) is 0.500. The summed E-state index contributed by atoms with van der Waals surface area (Å²) in [6.45, 7) is 4.27. The van der Waals surface area contributed by atoms with Crippen LogP contribution < -0.4 is 4.74 Å². The normalized spacial score (nSPS) is 12.6. The first-order valence-electron chi connectivity index (χ1n) is 4.87. The highest BCUT2D eigenvalue weighted by Crippen LogP contribution is 2.19. The molecule has 0 radical (unpaired) electrons. The van der Waals surface area contributed by atoms with E-state index in [1.807, 2.05) is 6.07 Å². The average molecular weight is 213 g/mol. The average Bonchev–Trinajstić information content (AvgIpc) is 2.20. The molecule has 14 heavy (non-hydrogen) atoms. The summed E-state index contributed by atoms with van der Waals surface area (Å²) in [5.74, 6) is 2.17. The van der Waals surface area contributed by atoms with Gasteiger partial charge in [0.05, 0.1) is 7.11 Å². The molecule has 1 rings (SSSR count). The van der Waals surface area contributed by atoms with Gasteiger partial charge in [-0.1, -0.05) is 13.0 Å². The number of aryl methyl sites for hydroxylation is 1. The van der Waals surface area contributed by atoms with Gasteiger partial charge in [-0.15, -0.1) is 11.6 Å². The van der Waals surface area contributed by atoms with E-state index in [4.69, 9.17) is 16.3 Å². The van der Waals surface area contributed by atoms with E-state index in [1.165, 1.54) is 11.1 Å². The third-order valence-corrected chi connectivity index (χ3v) is 2.91. The maximum absolute atomic E-state index is 5.79. The number of hydrogen-bond acceptors (Lipinski definition) is 1. The molecule has 0 saturated heterocycles. The molecule has 0 aromatic heterocycles. The van der Waals surface area contributed by atoms with Crippen LogP contribution >= 0.6 is 11.6 Å². The summed E-state index contributed by atoms with van der Waals surface area (Å²) in [5.41, 5.74) is 2.64. The lowest BCUT2D eigenvalue weighted by Gasteiger charge is -2.11. The quantitative estimate of drug-likeness (QED) is 0.695. The predicted octanol–water partition coefficient (Wildman–Crippen LogP) is 3.42. The lowest BCUT2D eigenvalue weighted by atomic mass is 9.98. The van der Waals surface area contributed by atoms with Gasteiger partial charge < -0.3 is 4.74 Å². The number of hydrogen-bond donors (Lipinski definition) is 0. The number of rotatable bonds is 4. The van der Waals surface area contributed by atoms with Crippen molar-refractivity contribution >= 4 is 11.6 Å². The Bertz CT molecular complexity index is 296. The van der Waals surface area contributed by atoms with Crippen molar-refractivity contribution in [3.8, 4) is 5.75 Å². The van der Waals surface area contributed by atoms with Gasteiger partial charge in [-0.25, -0.2) is 0 Å². The molecule has 78 valence electrons. The highest BCUT2D eigenvalue weighted by Gasteiger charge is 2.05. The smallest absolute Gasteiger partial charge is 0.119 e. The molecule has 0 fully saturated rings. The van der Waals surface area contributed by atoms with Crippen molar-refractivity contribution in [2.45, 2.75) is 20.3 Å². The van der Waals surface area contributed by atoms with Gasteiger partial charge in [0, 0.05) is 5.88 Å². The first-order chi connectivity index (χ1) is 6.67. The maximum Gasteiger partial charge on any atom is 0.119 e. The molecule has 1 nitrogen and oxygen atoms in total. The van der Waals surface area contributed by atoms with Gasteiger partial charge in [-0.3, -0.25) is 0 Å². The van der Waals surface area contributed by atoms with Crippen molar-refractivity contribution < 1.29 is 4.74 Å². The Kier molecular flexibility index (Phi) is 4.27. The number of alkyl halides is 1. The van der Waals surface area contributed by atoms with Gasteiger partial charge in [-0.05, 0) is 42.5 Å². The van der Waals surface area contributed by atoms with Crippen LogP contribution in [-0.2, 0) is 6.42 Å². The Hall–Kier alpha value is -0.690. The molecule has 0 N–H and O–H groups in total. The molecule has 1 aromatic rings. The molecule has 0 saturated carbocycles. The van der Waals surface area contributed by atoms with E-state index in [1.54, 1.807) is 7.11 Å². The number of benzene rings is 1. The van der Waals surface area contributed by atoms with Crippen molar-refractivity contribution in [2.24, 2.45) is 5.92 Å². The minimum Gasteiger partial charge on any atom is -0.497 e. The minimum absolute atomic E-state index is 0.531. The molecule has 2 heteroatoms. The zero-order valence-electron chi connectivity index (χ0n) is 9.01. The number of methoxy groups -OCH3 is 1. The largest absolute Gasteiger partial charge is 0.497 e. The lowest BCUT2D eigenvalue weighted by molar-refractivity contribution is 0.414. The van der Waals surface area contributed by atoms with E-state index in [0.29, 0.717) is 11.8 Å². The van der Waals surface area contributed by atoms with Gasteiger partial charge in [0.1, 0.15) is 5.75 Å². The Morgan fingerprint density at radius 1 is 1.43 bits per heavy atom. The van der Waals surface area contributed by atoms with Crippen LogP contribution in [0.1, 0.15) is 18.1 Å². The van der Waals surface area contributed by atoms with Crippen LogP contribution in [0.4, 0.5) is 0 Å². The molecule has 0 aliphatic heterocycles. The van der Waals surface area contributed by atoms with Crippen LogP contribution in [-0.4, -0.2) is 13.0 Å². The third-order valence-electron chi connectivity index (χ3n) is 2.38. The Morgan fingerprint density at radius 3 is 2.64 bits per heavy atom. The maximum atomic E-state index is 5.79. The van der Waals surface area contributed by atoms with E-state index in [9.17, 15) is 0 Å². The monoisotopic (exact) mass is 212 g/mol. The fourth-order valence-electron chi connectivity index (χ4n) is 1.45. The number of halogens is 1. The number of ether oxygens (including phenoxy) is 1. The van der Waals surface area contributed by atoms with Crippen LogP contribution in [0.15, 0.2) is 18.2 Å². The van der Waals surface area contributed by atoms with E-state index in [-0.39, 0.29) is 0 Å². The highest BCUT2D eigenvalue weighted by molar-refractivity contribution is 6.18. The zero-order valence-corrected chi connectivity index (χ0v) is 9.77. The zero-order chi connectivity index (χ0) is 10.6.